The molecule has 25 heteroatoms. The zero-order valence-electron chi connectivity index (χ0n) is 25.6. The minimum Gasteiger partial charge on any atom is -0.506 e. The lowest BCUT2D eigenvalue weighted by atomic mass is 9.95. The average Bonchev–Trinajstić information content (AvgIpc) is 3.05. The monoisotopic (exact) mass is 790 g/mol. The first-order valence-electron chi connectivity index (χ1n) is 13.8. The van der Waals surface area contributed by atoms with Crippen LogP contribution in [0.5, 0.6) is 17.2 Å². The first kappa shape index (κ1) is 37.7. The van der Waals surface area contributed by atoms with Gasteiger partial charge in [-0.3, -0.25) is 33.9 Å². The molecule has 5 aromatic rings. The van der Waals surface area contributed by atoms with Gasteiger partial charge in [0.25, 0.3) is 36.0 Å². The summed E-state index contributed by atoms with van der Waals surface area (Å²) in [4.78, 5) is 18.4. The quantitative estimate of drug-likeness (QED) is 0.0408. The van der Waals surface area contributed by atoms with E-state index < -0.39 is 122 Å². The van der Waals surface area contributed by atoms with Crippen LogP contribution in [-0.2, 0) is 30.4 Å². The lowest BCUT2D eigenvalue weighted by Gasteiger charge is -2.16. The van der Waals surface area contributed by atoms with Gasteiger partial charge in [-0.15, -0.1) is 10.2 Å². The predicted molar refractivity (Wildman–Crippen MR) is 178 cm³/mol. The van der Waals surface area contributed by atoms with E-state index in [1.54, 1.807) is 6.07 Å². The lowest BCUT2D eigenvalue weighted by Crippen LogP contribution is -2.06. The van der Waals surface area contributed by atoms with Gasteiger partial charge in [0.2, 0.25) is 5.75 Å². The molecule has 6 N–H and O–H groups in total. The first-order valence-corrected chi connectivity index (χ1v) is 18.1. The summed E-state index contributed by atoms with van der Waals surface area (Å²) in [5, 5.41) is 70.9. The molecule has 274 valence electrons. The van der Waals surface area contributed by atoms with Crippen LogP contribution in [0, 0.1) is 20.2 Å². The molecule has 0 aliphatic rings. The molecular weight excluding hydrogens is 773 g/mol. The number of nitro groups is 2. The Balaban J connectivity index is 1.91. The van der Waals surface area contributed by atoms with Gasteiger partial charge in [-0.05, 0) is 47.9 Å². The van der Waals surface area contributed by atoms with Crippen molar-refractivity contribution < 1.29 is 64.1 Å². The number of hydrogen-bond donors (Lipinski definition) is 6. The van der Waals surface area contributed by atoms with Crippen molar-refractivity contribution in [1.82, 2.24) is 0 Å². The Hall–Kier alpha value is -6.51. The van der Waals surface area contributed by atoms with E-state index in [0.29, 0.717) is 18.2 Å². The largest absolute Gasteiger partial charge is 0.506 e. The highest BCUT2D eigenvalue weighted by molar-refractivity contribution is 7.86. The van der Waals surface area contributed by atoms with Crippen molar-refractivity contribution >= 4 is 75.3 Å². The molecule has 0 amide bonds. The molecule has 0 radical (unpaired) electrons. The zero-order chi connectivity index (χ0) is 39.2. The summed E-state index contributed by atoms with van der Waals surface area (Å²) in [6.07, 6.45) is 0. The number of fused-ring (bicyclic) bond motifs is 1. The number of rotatable bonds is 10. The Morgan fingerprint density at radius 2 is 1.15 bits per heavy atom. The summed E-state index contributed by atoms with van der Waals surface area (Å²) in [5.41, 5.74) is -8.34. The second-order valence-electron chi connectivity index (χ2n) is 10.4. The van der Waals surface area contributed by atoms with Crippen LogP contribution in [0.25, 0.3) is 21.9 Å². The molecule has 0 spiro atoms. The first-order chi connectivity index (χ1) is 24.6. The van der Waals surface area contributed by atoms with E-state index in [2.05, 4.69) is 20.5 Å². The van der Waals surface area contributed by atoms with Gasteiger partial charge < -0.3 is 15.3 Å². The predicted octanol–water partition coefficient (Wildman–Crippen LogP) is 6.01. The molecule has 5 aromatic carbocycles. The van der Waals surface area contributed by atoms with E-state index in [-0.39, 0.29) is 5.69 Å². The van der Waals surface area contributed by atoms with Gasteiger partial charge >= 0.3 is 5.69 Å². The van der Waals surface area contributed by atoms with Crippen LogP contribution in [0.15, 0.2) is 108 Å². The molecule has 53 heavy (non-hydrogen) atoms. The van der Waals surface area contributed by atoms with Gasteiger partial charge in [0.15, 0.2) is 5.75 Å². The van der Waals surface area contributed by atoms with Crippen molar-refractivity contribution in [2.24, 2.45) is 20.5 Å². The molecule has 0 saturated carbocycles. The fourth-order valence-electron chi connectivity index (χ4n) is 4.91. The van der Waals surface area contributed by atoms with Crippen molar-refractivity contribution in [2.45, 2.75) is 14.7 Å². The Morgan fingerprint density at radius 3 is 1.72 bits per heavy atom. The molecule has 0 unspecified atom stereocenters. The van der Waals surface area contributed by atoms with E-state index in [0.717, 1.165) is 24.3 Å². The summed E-state index contributed by atoms with van der Waals surface area (Å²) < 4.78 is 102. The van der Waals surface area contributed by atoms with Crippen LogP contribution in [0.1, 0.15) is 0 Å². The molecule has 0 bridgehead atoms. The summed E-state index contributed by atoms with van der Waals surface area (Å²) in [5.74, 6) is -4.51. The molecule has 0 heterocycles. The standard InChI is InChI=1S/C28H18N6O16S3/c35-26-17(31-29-14-5-2-1-3-6-14)12-18(33(38)39)22(25(26)34(40)41)23-19(52(45,46)47)9-13-10-20(53(48,49)50)24(28(37)21(13)27(23)36)32-30-15-7-4-8-16(11-15)51(42,43)44/h1-12,35-37H,(H,42,43,44)(H,45,46,47)(H,48,49,50)/b31-29+,32-30?. The minimum absolute atomic E-state index is 0.126. The van der Waals surface area contributed by atoms with E-state index in [4.69, 9.17) is 0 Å². The van der Waals surface area contributed by atoms with Crippen molar-refractivity contribution in [2.75, 3.05) is 0 Å². The number of phenols is 3. The Labute approximate surface area is 295 Å². The van der Waals surface area contributed by atoms with E-state index >= 15 is 0 Å². The smallest absolute Gasteiger partial charge is 0.327 e. The van der Waals surface area contributed by atoms with E-state index in [1.807, 2.05) is 0 Å². The Kier molecular flexibility index (Phi) is 9.65. The summed E-state index contributed by atoms with van der Waals surface area (Å²) >= 11 is 0. The molecule has 0 aliphatic carbocycles. The van der Waals surface area contributed by atoms with Gasteiger partial charge in [-0.2, -0.15) is 35.5 Å². The zero-order valence-corrected chi connectivity index (χ0v) is 28.1. The third-order valence-electron chi connectivity index (χ3n) is 7.11. The van der Waals surface area contributed by atoms with E-state index in [9.17, 15) is 74.5 Å². The summed E-state index contributed by atoms with van der Waals surface area (Å²) in [6, 6.07) is 12.4. The van der Waals surface area contributed by atoms with Gasteiger partial charge in [-0.1, -0.05) is 24.3 Å². The number of nitrogens with zero attached hydrogens (tertiary/aromatic N) is 6. The fraction of sp³-hybridized carbons (Fsp3) is 0. The number of nitro benzene ring substituents is 2. The Morgan fingerprint density at radius 1 is 0.566 bits per heavy atom. The highest BCUT2D eigenvalue weighted by atomic mass is 32.2. The summed E-state index contributed by atoms with van der Waals surface area (Å²) in [7, 11) is -16.0. The molecule has 0 aliphatic heterocycles. The van der Waals surface area contributed by atoms with Crippen LogP contribution >= 0.6 is 0 Å². The van der Waals surface area contributed by atoms with Crippen LogP contribution in [0.2, 0.25) is 0 Å². The van der Waals surface area contributed by atoms with Crippen LogP contribution in [-0.4, -0.2) is 64.1 Å². The molecule has 0 saturated heterocycles. The molecular formula is C28H18N6O16S3. The second kappa shape index (κ2) is 13.6. The molecule has 0 atom stereocenters. The van der Waals surface area contributed by atoms with Crippen molar-refractivity contribution in [3.8, 4) is 28.4 Å². The lowest BCUT2D eigenvalue weighted by molar-refractivity contribution is -0.393. The SMILES string of the molecule is O=[N+]([O-])c1cc(/N=N/c2ccccc2)c(O)c([N+](=O)[O-])c1-c1c(S(=O)(=O)O)cc2cc(S(=O)(=O)O)c(N=Nc3cccc(S(=O)(=O)O)c3)c(O)c2c1O. The second-order valence-corrected chi connectivity index (χ2v) is 14.6. The number of benzene rings is 5. The minimum atomic E-state index is -5.72. The van der Waals surface area contributed by atoms with Crippen molar-refractivity contribution in [3.63, 3.8) is 0 Å². The summed E-state index contributed by atoms with van der Waals surface area (Å²) in [6.45, 7) is 0. The molecule has 0 aromatic heterocycles. The van der Waals surface area contributed by atoms with Gasteiger partial charge in [0, 0.05) is 6.07 Å². The van der Waals surface area contributed by atoms with Gasteiger partial charge in [-0.25, -0.2) is 0 Å². The van der Waals surface area contributed by atoms with Crippen molar-refractivity contribution in [3.05, 3.63) is 93.0 Å². The maximum atomic E-state index is 12.7. The van der Waals surface area contributed by atoms with Crippen LogP contribution in [0.4, 0.5) is 34.1 Å². The topological polar surface area (TPSA) is 360 Å². The number of aromatic hydroxyl groups is 3. The number of azo groups is 2. The molecule has 0 fully saturated rings. The van der Waals surface area contributed by atoms with E-state index in [1.165, 1.54) is 24.3 Å². The molecule has 22 nitrogen and oxygen atoms in total. The van der Waals surface area contributed by atoms with Crippen LogP contribution < -0.4 is 0 Å². The molecule has 5 rings (SSSR count). The maximum absolute atomic E-state index is 12.7. The average molecular weight is 791 g/mol. The third kappa shape index (κ3) is 7.45. The fourth-order valence-corrected chi connectivity index (χ4v) is 6.82. The highest BCUT2D eigenvalue weighted by Gasteiger charge is 2.39. The number of hydrogen-bond acceptors (Lipinski definition) is 17. The Bertz CT molecular complexity index is 2790. The van der Waals surface area contributed by atoms with Gasteiger partial charge in [0.1, 0.15) is 32.5 Å². The van der Waals surface area contributed by atoms with Gasteiger partial charge in [0.05, 0.1) is 37.1 Å². The van der Waals surface area contributed by atoms with Crippen molar-refractivity contribution in [1.29, 1.82) is 0 Å². The normalized spacial score (nSPS) is 12.5. The third-order valence-corrected chi connectivity index (χ3v) is 9.70. The number of phenolic OH excluding ortho intramolecular Hbond substituents is 3. The van der Waals surface area contributed by atoms with Crippen LogP contribution in [0.3, 0.4) is 0 Å². The highest BCUT2D eigenvalue weighted by Crippen LogP contribution is 2.56. The maximum Gasteiger partial charge on any atom is 0.327 e.